The molecule has 0 N–H and O–H groups in total. The molecule has 0 radical (unpaired) electrons. The van der Waals surface area contributed by atoms with Gasteiger partial charge in [-0.15, -0.1) is 0 Å². The summed E-state index contributed by atoms with van der Waals surface area (Å²) in [6.45, 7) is 5.09. The number of rotatable bonds is 3. The van der Waals surface area contributed by atoms with E-state index < -0.39 is 0 Å². The zero-order valence-corrected chi connectivity index (χ0v) is 16.8. The first-order valence-corrected chi connectivity index (χ1v) is 10.5. The highest BCUT2D eigenvalue weighted by atomic mass is 16.5. The van der Waals surface area contributed by atoms with Gasteiger partial charge < -0.3 is 14.3 Å². The highest BCUT2D eigenvalue weighted by Crippen LogP contribution is 2.60. The van der Waals surface area contributed by atoms with E-state index in [4.69, 9.17) is 4.52 Å². The number of piperidine rings is 1. The average molecular weight is 394 g/mol. The predicted octanol–water partition coefficient (Wildman–Crippen LogP) is 2.91. The maximum Gasteiger partial charge on any atom is 0.257 e. The van der Waals surface area contributed by atoms with E-state index in [-0.39, 0.29) is 17.2 Å². The Balaban J connectivity index is 1.19. The molecule has 1 aromatic heterocycles. The van der Waals surface area contributed by atoms with Gasteiger partial charge in [0.2, 0.25) is 5.91 Å². The number of carbonyl (C=O) groups excluding carboxylic acids is 2. The van der Waals surface area contributed by atoms with Gasteiger partial charge in [-0.25, -0.2) is 0 Å². The molecule has 2 amide bonds. The van der Waals surface area contributed by atoms with Gasteiger partial charge in [0.15, 0.2) is 5.82 Å². The fourth-order valence-electron chi connectivity index (χ4n) is 4.91. The smallest absolute Gasteiger partial charge is 0.257 e. The molecule has 2 aromatic rings. The Morgan fingerprint density at radius 3 is 2.34 bits per heavy atom. The normalized spacial score (nSPS) is 22.9. The molecule has 3 aliphatic rings. The van der Waals surface area contributed by atoms with E-state index in [2.05, 4.69) is 10.1 Å². The van der Waals surface area contributed by atoms with E-state index in [0.29, 0.717) is 23.2 Å². The molecule has 0 bridgehead atoms. The first kappa shape index (κ1) is 18.3. The Morgan fingerprint density at radius 2 is 1.72 bits per heavy atom. The Bertz CT molecular complexity index is 922. The summed E-state index contributed by atoms with van der Waals surface area (Å²) in [6, 6.07) is 7.32. The third kappa shape index (κ3) is 3.32. The van der Waals surface area contributed by atoms with Crippen LogP contribution in [0.2, 0.25) is 0 Å². The van der Waals surface area contributed by atoms with Crippen molar-refractivity contribution in [2.75, 3.05) is 26.2 Å². The lowest BCUT2D eigenvalue weighted by molar-refractivity contribution is -0.132. The van der Waals surface area contributed by atoms with Gasteiger partial charge in [0, 0.05) is 43.2 Å². The maximum atomic E-state index is 12.9. The lowest BCUT2D eigenvalue weighted by Crippen LogP contribution is -2.41. The third-order valence-corrected chi connectivity index (χ3v) is 6.86. The van der Waals surface area contributed by atoms with Crippen LogP contribution in [-0.4, -0.2) is 57.9 Å². The van der Waals surface area contributed by atoms with E-state index in [9.17, 15) is 9.59 Å². The molecule has 3 heterocycles. The van der Waals surface area contributed by atoms with E-state index in [0.717, 1.165) is 63.8 Å². The van der Waals surface area contributed by atoms with Gasteiger partial charge in [-0.1, -0.05) is 5.16 Å². The monoisotopic (exact) mass is 394 g/mol. The topological polar surface area (TPSA) is 79.5 Å². The lowest BCUT2D eigenvalue weighted by Gasteiger charge is -2.33. The third-order valence-electron chi connectivity index (χ3n) is 6.86. The zero-order chi connectivity index (χ0) is 20.0. The quantitative estimate of drug-likeness (QED) is 0.800. The average Bonchev–Trinajstić information content (AvgIpc) is 3.11. The molecule has 7 nitrogen and oxygen atoms in total. The Kier molecular flexibility index (Phi) is 4.41. The fourth-order valence-corrected chi connectivity index (χ4v) is 4.91. The molecule has 5 rings (SSSR count). The molecule has 1 saturated carbocycles. The molecule has 152 valence electrons. The number of aromatic nitrogens is 2. The molecule has 2 saturated heterocycles. The second-order valence-corrected chi connectivity index (χ2v) is 8.67. The summed E-state index contributed by atoms with van der Waals surface area (Å²) in [5, 5.41) is 3.80. The minimum Gasteiger partial charge on any atom is -0.342 e. The van der Waals surface area contributed by atoms with Crippen LogP contribution in [0.4, 0.5) is 0 Å². The Hall–Kier alpha value is -2.70. The number of benzene rings is 1. The van der Waals surface area contributed by atoms with Crippen LogP contribution in [0.3, 0.4) is 0 Å². The van der Waals surface area contributed by atoms with Crippen molar-refractivity contribution in [1.82, 2.24) is 19.9 Å². The van der Waals surface area contributed by atoms with Crippen LogP contribution >= 0.6 is 0 Å². The molecule has 1 spiro atoms. The summed E-state index contributed by atoms with van der Waals surface area (Å²) >= 11 is 0. The van der Waals surface area contributed by atoms with Crippen LogP contribution in [0.5, 0.6) is 0 Å². The minimum absolute atomic E-state index is 0.0520. The minimum atomic E-state index is 0.0520. The summed E-state index contributed by atoms with van der Waals surface area (Å²) in [4.78, 5) is 33.8. The number of likely N-dealkylation sites (tertiary alicyclic amines) is 2. The van der Waals surface area contributed by atoms with E-state index in [1.807, 2.05) is 34.1 Å². The Morgan fingerprint density at radius 1 is 1.03 bits per heavy atom. The number of carbonyl (C=O) groups is 2. The summed E-state index contributed by atoms with van der Waals surface area (Å²) < 4.78 is 5.18. The standard InChI is InChI=1S/C22H26N4O3/c1-15-23-19(29-24-15)16-4-6-17(7-5-16)20(27)26-12-8-22(9-13-26)14-18(22)21(28)25-10-2-3-11-25/h4-7,18H,2-3,8-14H2,1H3. The molecule has 7 heteroatoms. The molecule has 1 atom stereocenters. The molecular formula is C22H26N4O3. The molecule has 1 aliphatic carbocycles. The van der Waals surface area contributed by atoms with Gasteiger partial charge in [0.25, 0.3) is 11.8 Å². The fraction of sp³-hybridized carbons (Fsp3) is 0.545. The van der Waals surface area contributed by atoms with Crippen LogP contribution in [-0.2, 0) is 4.79 Å². The van der Waals surface area contributed by atoms with Crippen molar-refractivity contribution in [3.05, 3.63) is 35.7 Å². The number of nitrogens with zero attached hydrogens (tertiary/aromatic N) is 4. The maximum absolute atomic E-state index is 12.9. The van der Waals surface area contributed by atoms with Crippen LogP contribution in [0.15, 0.2) is 28.8 Å². The number of hydrogen-bond acceptors (Lipinski definition) is 5. The van der Waals surface area contributed by atoms with Crippen molar-refractivity contribution >= 4 is 11.8 Å². The molecule has 1 aromatic carbocycles. The van der Waals surface area contributed by atoms with E-state index in [1.54, 1.807) is 6.92 Å². The number of hydrogen-bond donors (Lipinski definition) is 0. The number of aryl methyl sites for hydroxylation is 1. The molecule has 1 unspecified atom stereocenters. The molecule has 3 fully saturated rings. The first-order chi connectivity index (χ1) is 14.1. The lowest BCUT2D eigenvalue weighted by atomic mass is 9.90. The second-order valence-electron chi connectivity index (χ2n) is 8.67. The van der Waals surface area contributed by atoms with E-state index >= 15 is 0 Å². The SMILES string of the molecule is Cc1noc(-c2ccc(C(=O)N3CCC4(CC3)CC4C(=O)N3CCCC3)cc2)n1. The van der Waals surface area contributed by atoms with Gasteiger partial charge in [0.05, 0.1) is 0 Å². The number of amides is 2. The highest BCUT2D eigenvalue weighted by Gasteiger charge is 2.59. The van der Waals surface area contributed by atoms with Gasteiger partial charge in [-0.2, -0.15) is 4.98 Å². The van der Waals surface area contributed by atoms with Crippen molar-refractivity contribution in [2.45, 2.75) is 39.0 Å². The summed E-state index contributed by atoms with van der Waals surface area (Å²) in [5.74, 6) is 1.65. The molecule has 2 aliphatic heterocycles. The van der Waals surface area contributed by atoms with Gasteiger partial charge in [-0.3, -0.25) is 9.59 Å². The highest BCUT2D eigenvalue weighted by molar-refractivity contribution is 5.94. The van der Waals surface area contributed by atoms with Crippen LogP contribution < -0.4 is 0 Å². The first-order valence-electron chi connectivity index (χ1n) is 10.5. The van der Waals surface area contributed by atoms with Crippen molar-refractivity contribution in [1.29, 1.82) is 0 Å². The van der Waals surface area contributed by atoms with Crippen LogP contribution in [0, 0.1) is 18.3 Å². The van der Waals surface area contributed by atoms with Crippen molar-refractivity contribution in [2.24, 2.45) is 11.3 Å². The van der Waals surface area contributed by atoms with Gasteiger partial charge >= 0.3 is 0 Å². The summed E-state index contributed by atoms with van der Waals surface area (Å²) in [6.07, 6.45) is 5.14. The zero-order valence-electron chi connectivity index (χ0n) is 16.8. The van der Waals surface area contributed by atoms with Crippen molar-refractivity contribution in [3.8, 4) is 11.5 Å². The predicted molar refractivity (Wildman–Crippen MR) is 106 cm³/mol. The second kappa shape index (κ2) is 6.97. The Labute approximate surface area is 170 Å². The van der Waals surface area contributed by atoms with Crippen molar-refractivity contribution in [3.63, 3.8) is 0 Å². The largest absolute Gasteiger partial charge is 0.342 e. The molecule has 29 heavy (non-hydrogen) atoms. The van der Waals surface area contributed by atoms with Crippen molar-refractivity contribution < 1.29 is 14.1 Å². The molecular weight excluding hydrogens is 368 g/mol. The van der Waals surface area contributed by atoms with Gasteiger partial charge in [-0.05, 0) is 68.7 Å². The van der Waals surface area contributed by atoms with Gasteiger partial charge in [0.1, 0.15) is 0 Å². The van der Waals surface area contributed by atoms with Crippen LogP contribution in [0.1, 0.15) is 48.3 Å². The van der Waals surface area contributed by atoms with Crippen LogP contribution in [0.25, 0.3) is 11.5 Å². The summed E-state index contributed by atoms with van der Waals surface area (Å²) in [5.41, 5.74) is 1.62. The summed E-state index contributed by atoms with van der Waals surface area (Å²) in [7, 11) is 0. The van der Waals surface area contributed by atoms with E-state index in [1.165, 1.54) is 0 Å².